The number of likely N-dealkylation sites (N-methyl/N-ethyl adjacent to an activating group) is 1. The van der Waals surface area contributed by atoms with E-state index in [0.29, 0.717) is 12.4 Å². The molecule has 0 N–H and O–H groups in total. The van der Waals surface area contributed by atoms with Gasteiger partial charge in [-0.3, -0.25) is 9.79 Å². The van der Waals surface area contributed by atoms with Gasteiger partial charge in [-0.1, -0.05) is 6.08 Å². The van der Waals surface area contributed by atoms with Crippen molar-refractivity contribution in [2.24, 2.45) is 4.99 Å². The van der Waals surface area contributed by atoms with E-state index in [2.05, 4.69) is 26.1 Å². The molecule has 0 saturated heterocycles. The maximum atomic E-state index is 10.5. The summed E-state index contributed by atoms with van der Waals surface area (Å²) in [6.07, 6.45) is 13.0. The van der Waals surface area contributed by atoms with Crippen LogP contribution in [0.3, 0.4) is 0 Å². The van der Waals surface area contributed by atoms with Crippen LogP contribution in [0.4, 0.5) is 0 Å². The summed E-state index contributed by atoms with van der Waals surface area (Å²) in [5.74, 6) is 0.690. The number of pyridine rings is 1. The molecular weight excluding hydrogens is 372 g/mol. The number of allylic oxidation sites excluding steroid dienone is 1. The highest BCUT2D eigenvalue weighted by Gasteiger charge is 2.07. The van der Waals surface area contributed by atoms with E-state index in [4.69, 9.17) is 0 Å². The van der Waals surface area contributed by atoms with E-state index in [9.17, 15) is 4.79 Å². The number of fused-ring (bicyclic) bond motifs is 1. The lowest BCUT2D eigenvalue weighted by Crippen LogP contribution is -2.23. The van der Waals surface area contributed by atoms with Crippen LogP contribution in [-0.2, 0) is 4.79 Å². The molecule has 0 bridgehead atoms. The van der Waals surface area contributed by atoms with Crippen LogP contribution in [0.2, 0.25) is 0 Å². The van der Waals surface area contributed by atoms with Crippen LogP contribution in [0.25, 0.3) is 16.5 Å². The molecule has 8 heteroatoms. The number of hydrogen-bond acceptors (Lipinski definition) is 6. The number of aliphatic imine (C=N–C) groups is 1. The van der Waals surface area contributed by atoms with Crippen molar-refractivity contribution in [1.29, 1.82) is 0 Å². The van der Waals surface area contributed by atoms with Crippen LogP contribution in [0.1, 0.15) is 18.9 Å². The average molecular weight is 395 g/mol. The number of nitrogens with zero attached hydrogens (tertiary/aromatic N) is 6. The van der Waals surface area contributed by atoms with Crippen LogP contribution in [0, 0.1) is 6.92 Å². The third-order valence-electron chi connectivity index (χ3n) is 4.02. The van der Waals surface area contributed by atoms with Crippen LogP contribution in [0.15, 0.2) is 58.8 Å². The van der Waals surface area contributed by atoms with Crippen molar-refractivity contribution >= 4 is 29.6 Å². The van der Waals surface area contributed by atoms with E-state index in [0.717, 1.165) is 35.6 Å². The van der Waals surface area contributed by atoms with Gasteiger partial charge in [0.15, 0.2) is 10.7 Å². The zero-order valence-corrected chi connectivity index (χ0v) is 16.7. The Hall–Kier alpha value is -3.13. The lowest BCUT2D eigenvalue weighted by atomic mass is 10.2. The van der Waals surface area contributed by atoms with E-state index < -0.39 is 0 Å². The standard InChI is InChI=1S/C10H8N4S.C10H14N2O/c1-7-2-4-14-8(6-7)12-9(13-14)10-11-3-5-15-10;1-2-12(9-13)8-10-4-3-6-11-7-5-10/h2-6H,1H3;4-7,9H,2-3,8H2,1H3. The molecule has 0 aliphatic carbocycles. The van der Waals surface area contributed by atoms with E-state index in [1.54, 1.807) is 33.1 Å². The Morgan fingerprint density at radius 3 is 3.04 bits per heavy atom. The van der Waals surface area contributed by atoms with Gasteiger partial charge in [0.1, 0.15) is 0 Å². The van der Waals surface area contributed by atoms with Crippen molar-refractivity contribution in [3.8, 4) is 10.8 Å². The van der Waals surface area contributed by atoms with Gasteiger partial charge in [-0.15, -0.1) is 16.4 Å². The third-order valence-corrected chi connectivity index (χ3v) is 4.79. The minimum Gasteiger partial charge on any atom is -0.341 e. The Kier molecular flexibility index (Phi) is 6.80. The first kappa shape index (κ1) is 19.6. The zero-order chi connectivity index (χ0) is 19.8. The van der Waals surface area contributed by atoms with E-state index >= 15 is 0 Å². The molecule has 0 fully saturated rings. The Morgan fingerprint density at radius 2 is 2.29 bits per heavy atom. The minimum absolute atomic E-state index is 0.680. The molecular formula is C20H22N6OS. The van der Waals surface area contributed by atoms with Crippen molar-refractivity contribution < 1.29 is 4.79 Å². The Bertz CT molecular complexity index is 1000. The van der Waals surface area contributed by atoms with Gasteiger partial charge in [0, 0.05) is 49.7 Å². The van der Waals surface area contributed by atoms with Crippen LogP contribution >= 0.6 is 11.3 Å². The lowest BCUT2D eigenvalue weighted by molar-refractivity contribution is -0.117. The summed E-state index contributed by atoms with van der Waals surface area (Å²) in [6.45, 7) is 5.43. The second kappa shape index (κ2) is 9.70. The lowest BCUT2D eigenvalue weighted by Gasteiger charge is -2.14. The maximum absolute atomic E-state index is 10.5. The Labute approximate surface area is 167 Å². The molecule has 28 heavy (non-hydrogen) atoms. The van der Waals surface area contributed by atoms with Gasteiger partial charge in [0.25, 0.3) is 0 Å². The average Bonchev–Trinajstić information content (AvgIpc) is 3.31. The van der Waals surface area contributed by atoms with Crippen molar-refractivity contribution in [3.63, 3.8) is 0 Å². The van der Waals surface area contributed by atoms with Gasteiger partial charge < -0.3 is 4.90 Å². The first-order chi connectivity index (χ1) is 13.7. The molecule has 0 atom stereocenters. The molecule has 0 radical (unpaired) electrons. The summed E-state index contributed by atoms with van der Waals surface area (Å²) >= 11 is 1.55. The summed E-state index contributed by atoms with van der Waals surface area (Å²) in [4.78, 5) is 24.9. The van der Waals surface area contributed by atoms with Crippen molar-refractivity contribution in [1.82, 2.24) is 24.5 Å². The smallest absolute Gasteiger partial charge is 0.211 e. The van der Waals surface area contributed by atoms with Crippen molar-refractivity contribution in [2.75, 3.05) is 13.1 Å². The number of carbonyl (C=O) groups excluding carboxylic acids is 1. The predicted octanol–water partition coefficient (Wildman–Crippen LogP) is 3.54. The number of hydrogen-bond donors (Lipinski definition) is 0. The first-order valence-corrected chi connectivity index (χ1v) is 9.87. The van der Waals surface area contributed by atoms with Crippen LogP contribution < -0.4 is 0 Å². The normalized spacial score (nSPS) is 12.9. The Morgan fingerprint density at radius 1 is 1.39 bits per heavy atom. The summed E-state index contributed by atoms with van der Waals surface area (Å²) in [5.41, 5.74) is 3.19. The number of amides is 1. The van der Waals surface area contributed by atoms with Gasteiger partial charge in [0.2, 0.25) is 12.2 Å². The number of aromatic nitrogens is 4. The number of rotatable bonds is 5. The fourth-order valence-corrected chi connectivity index (χ4v) is 3.08. The van der Waals surface area contributed by atoms with Crippen LogP contribution in [0.5, 0.6) is 0 Å². The highest BCUT2D eigenvalue weighted by Crippen LogP contribution is 2.18. The monoisotopic (exact) mass is 394 g/mol. The zero-order valence-electron chi connectivity index (χ0n) is 15.9. The molecule has 1 amide bonds. The van der Waals surface area contributed by atoms with E-state index in [1.165, 1.54) is 5.56 Å². The second-order valence-electron chi connectivity index (χ2n) is 6.11. The summed E-state index contributed by atoms with van der Waals surface area (Å²) in [7, 11) is 0. The van der Waals surface area contributed by atoms with Crippen LogP contribution in [-0.4, -0.2) is 50.2 Å². The van der Waals surface area contributed by atoms with Gasteiger partial charge in [-0.2, -0.15) is 0 Å². The molecule has 144 valence electrons. The fraction of sp³-hybridized carbons (Fsp3) is 0.250. The highest BCUT2D eigenvalue weighted by molar-refractivity contribution is 7.13. The molecule has 1 aliphatic rings. The Balaban J connectivity index is 0.000000163. The molecule has 0 spiro atoms. The molecule has 4 heterocycles. The molecule has 3 aromatic heterocycles. The molecule has 1 aliphatic heterocycles. The van der Waals surface area contributed by atoms with Gasteiger partial charge >= 0.3 is 0 Å². The fourth-order valence-electron chi connectivity index (χ4n) is 2.52. The van der Waals surface area contributed by atoms with Crippen molar-refractivity contribution in [2.45, 2.75) is 20.3 Å². The highest BCUT2D eigenvalue weighted by atomic mass is 32.1. The SMILES string of the molecule is CCN(C=O)CC1=CCC=NC=C1.Cc1ccn2nc(-c3nccs3)nc2c1. The molecule has 3 aromatic rings. The van der Waals surface area contributed by atoms with Gasteiger partial charge in [0.05, 0.1) is 0 Å². The summed E-state index contributed by atoms with van der Waals surface area (Å²) in [5, 5.41) is 7.13. The molecule has 7 nitrogen and oxygen atoms in total. The largest absolute Gasteiger partial charge is 0.341 e. The number of aryl methyl sites for hydroxylation is 1. The van der Waals surface area contributed by atoms with E-state index in [-0.39, 0.29) is 0 Å². The topological polar surface area (TPSA) is 75.8 Å². The minimum atomic E-state index is 0.680. The molecule has 0 saturated carbocycles. The molecule has 0 aromatic carbocycles. The number of thiazole rings is 1. The maximum Gasteiger partial charge on any atom is 0.211 e. The third kappa shape index (κ3) is 5.20. The van der Waals surface area contributed by atoms with Gasteiger partial charge in [-0.25, -0.2) is 14.5 Å². The molecule has 4 rings (SSSR count). The predicted molar refractivity (Wildman–Crippen MR) is 112 cm³/mol. The second-order valence-corrected chi connectivity index (χ2v) is 7.00. The number of carbonyl (C=O) groups is 1. The van der Waals surface area contributed by atoms with Crippen molar-refractivity contribution in [3.05, 3.63) is 59.4 Å². The quantitative estimate of drug-likeness (QED) is 0.620. The first-order valence-electron chi connectivity index (χ1n) is 8.99. The van der Waals surface area contributed by atoms with E-state index in [1.807, 2.05) is 49.8 Å². The van der Waals surface area contributed by atoms with Gasteiger partial charge in [-0.05, 0) is 43.2 Å². The molecule has 0 unspecified atom stereocenters. The summed E-state index contributed by atoms with van der Waals surface area (Å²) in [6, 6.07) is 4.01. The summed E-state index contributed by atoms with van der Waals surface area (Å²) < 4.78 is 1.77.